The van der Waals surface area contributed by atoms with Gasteiger partial charge in [0.2, 0.25) is 59.1 Å². The third-order valence-electron chi connectivity index (χ3n) is 11.7. The Hall–Kier alpha value is -7.88. The van der Waals surface area contributed by atoms with E-state index < -0.39 is 145 Å². The first-order valence-corrected chi connectivity index (χ1v) is 23.6. The summed E-state index contributed by atoms with van der Waals surface area (Å²) in [6.07, 6.45) is -1.43. The van der Waals surface area contributed by atoms with E-state index in [-0.39, 0.29) is 57.6 Å². The number of carboxylic acids is 1. The molecular formula is C45H69N15O13. The van der Waals surface area contributed by atoms with Gasteiger partial charge in [0.1, 0.15) is 48.3 Å². The second-order valence-electron chi connectivity index (χ2n) is 17.8. The van der Waals surface area contributed by atoms with Crippen molar-refractivity contribution < 1.29 is 63.0 Å². The minimum absolute atomic E-state index is 0.0298. The maximum atomic E-state index is 14.5. The van der Waals surface area contributed by atoms with E-state index in [9.17, 15) is 63.0 Å². The first kappa shape index (κ1) is 59.4. The zero-order chi connectivity index (χ0) is 54.7. The van der Waals surface area contributed by atoms with Crippen LogP contribution in [0.25, 0.3) is 10.9 Å². The largest absolute Gasteiger partial charge is 0.480 e. The molecule has 28 heteroatoms. The molecule has 1 aromatic heterocycles. The maximum Gasteiger partial charge on any atom is 0.325 e. The van der Waals surface area contributed by atoms with Crippen molar-refractivity contribution in [3.8, 4) is 0 Å². The molecule has 0 radical (unpaired) electrons. The summed E-state index contributed by atoms with van der Waals surface area (Å²) in [5.41, 5.74) is 28.4. The SMILES string of the molecule is C[C@H](N)C(=O)N[C@@H](C)C(=O)N[C@@H](CCCN=C(N)N)C(=O)N[C@@H](Cc1c[nH]c2ccccc12)C(=O)N[C@H](C(=O)N1CCC[C@H]1C(=O)N[C@@H](CCC(N)=O)C(=O)N[C@@H](CCC(N)=O)C(=O)N[C@@H](C)C(=O)O)[C@@H](C)O. The molecule has 2 aromatic rings. The summed E-state index contributed by atoms with van der Waals surface area (Å²) in [4.78, 5) is 152. The van der Waals surface area contributed by atoms with Gasteiger partial charge < -0.3 is 86.0 Å². The lowest BCUT2D eigenvalue weighted by Crippen LogP contribution is -2.62. The van der Waals surface area contributed by atoms with Gasteiger partial charge in [-0.05, 0) is 77.8 Å². The van der Waals surface area contributed by atoms with E-state index >= 15 is 0 Å². The molecule has 0 bridgehead atoms. The van der Waals surface area contributed by atoms with Crippen LogP contribution in [-0.2, 0) is 59.2 Å². The fraction of sp³-hybridized carbons (Fsp3) is 0.556. The van der Waals surface area contributed by atoms with Gasteiger partial charge in [0.15, 0.2) is 5.96 Å². The third kappa shape index (κ3) is 18.7. The number of aliphatic carboxylic acids is 1. The number of rotatable bonds is 29. The minimum Gasteiger partial charge on any atom is -0.480 e. The van der Waals surface area contributed by atoms with Gasteiger partial charge in [0.25, 0.3) is 0 Å². The lowest BCUT2D eigenvalue weighted by Gasteiger charge is -2.32. The number of carboxylic acid groups (broad SMARTS) is 1. The number of H-pyrrole nitrogens is 1. The van der Waals surface area contributed by atoms with E-state index in [1.165, 1.54) is 20.8 Å². The number of nitrogens with two attached hydrogens (primary N) is 5. The highest BCUT2D eigenvalue weighted by Crippen LogP contribution is 2.22. The number of carbonyl (C=O) groups excluding carboxylic acids is 10. The molecule has 0 saturated carbocycles. The average Bonchev–Trinajstić information content (AvgIpc) is 3.98. The van der Waals surface area contributed by atoms with Gasteiger partial charge in [0, 0.05) is 49.5 Å². The van der Waals surface area contributed by atoms with Crippen molar-refractivity contribution in [3.63, 3.8) is 0 Å². The lowest BCUT2D eigenvalue weighted by atomic mass is 10.0. The fourth-order valence-corrected chi connectivity index (χ4v) is 7.63. The van der Waals surface area contributed by atoms with E-state index in [1.807, 2.05) is 0 Å². The molecule has 1 aliphatic rings. The Kier molecular flexibility index (Phi) is 23.0. The Morgan fingerprint density at radius 3 is 1.81 bits per heavy atom. The number of hydrogen-bond acceptors (Lipinski definition) is 14. The summed E-state index contributed by atoms with van der Waals surface area (Å²) in [5.74, 6) is -10.4. The zero-order valence-electron chi connectivity index (χ0n) is 41.1. The highest BCUT2D eigenvalue weighted by atomic mass is 16.4. The predicted octanol–water partition coefficient (Wildman–Crippen LogP) is -5.47. The molecule has 0 unspecified atom stereocenters. The van der Waals surface area contributed by atoms with E-state index in [1.54, 1.807) is 30.5 Å². The summed E-state index contributed by atoms with van der Waals surface area (Å²) in [5, 5.41) is 38.2. The second kappa shape index (κ2) is 28.2. The van der Waals surface area contributed by atoms with Gasteiger partial charge in [-0.25, -0.2) is 0 Å². The number of amides is 10. The number of aliphatic hydroxyl groups is 1. The molecule has 1 aliphatic heterocycles. The predicted molar refractivity (Wildman–Crippen MR) is 261 cm³/mol. The molecule has 0 aliphatic carbocycles. The molecule has 2 heterocycles. The average molecular weight is 1030 g/mol. The van der Waals surface area contributed by atoms with Crippen molar-refractivity contribution >= 4 is 81.9 Å². The van der Waals surface area contributed by atoms with Gasteiger partial charge in [-0.15, -0.1) is 0 Å². The van der Waals surface area contributed by atoms with E-state index in [4.69, 9.17) is 28.7 Å². The van der Waals surface area contributed by atoms with Gasteiger partial charge in [-0.2, -0.15) is 0 Å². The summed E-state index contributed by atoms with van der Waals surface area (Å²) in [6, 6.07) is -5.38. The number of para-hydroxylation sites is 1. The lowest BCUT2D eigenvalue weighted by molar-refractivity contribution is -0.144. The minimum atomic E-state index is -1.74. The molecule has 1 saturated heterocycles. The number of carbonyl (C=O) groups is 11. The number of aliphatic hydroxyl groups excluding tert-OH is 1. The Bertz CT molecular complexity index is 2370. The van der Waals surface area contributed by atoms with E-state index in [2.05, 4.69) is 47.2 Å². The molecule has 1 aromatic carbocycles. The van der Waals surface area contributed by atoms with Crippen LogP contribution in [0.3, 0.4) is 0 Å². The molecule has 10 amide bonds. The topological polar surface area (TPSA) is 474 Å². The molecule has 28 nitrogen and oxygen atoms in total. The summed E-state index contributed by atoms with van der Waals surface area (Å²) in [6.45, 7) is 5.15. The van der Waals surface area contributed by atoms with Gasteiger partial charge in [-0.1, -0.05) is 18.2 Å². The number of guanidine groups is 1. The van der Waals surface area contributed by atoms with Crippen LogP contribution in [0.5, 0.6) is 0 Å². The highest BCUT2D eigenvalue weighted by Gasteiger charge is 2.42. The Balaban J connectivity index is 1.93. The fourth-order valence-electron chi connectivity index (χ4n) is 7.63. The number of fused-ring (bicyclic) bond motifs is 1. The number of nitrogens with one attached hydrogen (secondary N) is 8. The van der Waals surface area contributed by atoms with Crippen LogP contribution in [0.15, 0.2) is 35.5 Å². The van der Waals surface area contributed by atoms with Crippen molar-refractivity contribution in [1.82, 2.24) is 47.1 Å². The first-order valence-electron chi connectivity index (χ1n) is 23.6. The van der Waals surface area contributed by atoms with E-state index in [0.717, 1.165) is 11.8 Å². The van der Waals surface area contributed by atoms with Crippen LogP contribution in [0.4, 0.5) is 0 Å². The molecular weight excluding hydrogens is 959 g/mol. The highest BCUT2D eigenvalue weighted by molar-refractivity contribution is 5.99. The van der Waals surface area contributed by atoms with Crippen LogP contribution in [0.2, 0.25) is 0 Å². The molecule has 10 atom stereocenters. The number of likely N-dealkylation sites (tertiary alicyclic amines) is 1. The standard InChI is InChI=1S/C45H69N15O13/c1-21(46)36(64)53-22(2)37(65)55-28(11-7-17-51-45(49)50)39(67)58-31(19-25-20-52-27-10-6-5-9-26(25)27)41(69)59-35(24(4)61)43(71)60-18-8-12-32(60)42(70)57-30(14-16-34(48)63)40(68)56-29(13-15-33(47)62)38(66)54-23(3)44(72)73/h5-6,9-10,20-24,28-32,35,52,61H,7-8,11-19,46H2,1-4H3,(H2,47,62)(H2,48,63)(H,53,64)(H,54,66)(H,55,65)(H,56,68)(H,57,70)(H,58,67)(H,59,69)(H,72,73)(H4,49,50,51)/t21-,22-,23-,24+,28-,29-,30-,31-,32-,35-/m0/s1. The van der Waals surface area contributed by atoms with Crippen LogP contribution in [-0.4, -0.2) is 165 Å². The maximum absolute atomic E-state index is 14.5. The molecule has 402 valence electrons. The quantitative estimate of drug-likeness (QED) is 0.0205. The number of benzene rings is 1. The van der Waals surface area contributed by atoms with Crippen molar-refractivity contribution in [2.24, 2.45) is 33.7 Å². The van der Waals surface area contributed by atoms with Crippen molar-refractivity contribution in [1.29, 1.82) is 0 Å². The van der Waals surface area contributed by atoms with Crippen molar-refractivity contribution in [2.75, 3.05) is 13.1 Å². The molecule has 1 fully saturated rings. The Morgan fingerprint density at radius 2 is 1.23 bits per heavy atom. The molecule has 3 rings (SSSR count). The number of aromatic amines is 1. The molecule has 0 spiro atoms. The van der Waals surface area contributed by atoms with Crippen molar-refractivity contribution in [3.05, 3.63) is 36.0 Å². The normalized spacial score (nSPS) is 16.8. The zero-order valence-corrected chi connectivity index (χ0v) is 41.1. The molecule has 73 heavy (non-hydrogen) atoms. The number of primary amides is 2. The Morgan fingerprint density at radius 1 is 0.699 bits per heavy atom. The second-order valence-corrected chi connectivity index (χ2v) is 17.8. The van der Waals surface area contributed by atoms with Crippen LogP contribution in [0, 0.1) is 0 Å². The smallest absolute Gasteiger partial charge is 0.325 e. The van der Waals surface area contributed by atoms with E-state index in [0.29, 0.717) is 16.5 Å². The number of nitrogens with zero attached hydrogens (tertiary/aromatic N) is 2. The third-order valence-corrected chi connectivity index (χ3v) is 11.7. The van der Waals surface area contributed by atoms with Crippen LogP contribution in [0.1, 0.15) is 84.6 Å². The summed E-state index contributed by atoms with van der Waals surface area (Å²) >= 11 is 0. The summed E-state index contributed by atoms with van der Waals surface area (Å²) in [7, 11) is 0. The van der Waals surface area contributed by atoms with Crippen LogP contribution < -0.4 is 65.9 Å². The number of hydrogen-bond donors (Lipinski definition) is 15. The van der Waals surface area contributed by atoms with Gasteiger partial charge in [0.05, 0.1) is 12.1 Å². The van der Waals surface area contributed by atoms with Gasteiger partial charge >= 0.3 is 5.97 Å². The van der Waals surface area contributed by atoms with Crippen molar-refractivity contribution in [2.45, 2.75) is 146 Å². The monoisotopic (exact) mass is 1030 g/mol. The number of aromatic nitrogens is 1. The first-order chi connectivity index (χ1) is 34.3. The van der Waals surface area contributed by atoms with Crippen LogP contribution >= 0.6 is 0 Å². The summed E-state index contributed by atoms with van der Waals surface area (Å²) < 4.78 is 0. The number of aliphatic imine (C=N–C) groups is 1. The Labute approximate surface area is 419 Å². The van der Waals surface area contributed by atoms with Gasteiger partial charge in [-0.3, -0.25) is 57.7 Å². The molecule has 20 N–H and O–H groups in total.